The first-order valence-electron chi connectivity index (χ1n) is 6.83. The van der Waals surface area contributed by atoms with E-state index < -0.39 is 0 Å². The molecule has 3 heteroatoms. The van der Waals surface area contributed by atoms with Crippen molar-refractivity contribution in [3.63, 3.8) is 0 Å². The molecule has 1 aliphatic heterocycles. The number of hydrogen-bond donors (Lipinski definition) is 1. The maximum atomic E-state index is 3.46. The van der Waals surface area contributed by atoms with Gasteiger partial charge in [0.25, 0.3) is 0 Å². The van der Waals surface area contributed by atoms with Gasteiger partial charge in [-0.25, -0.2) is 0 Å². The van der Waals surface area contributed by atoms with Crippen molar-refractivity contribution in [3.8, 4) is 0 Å². The summed E-state index contributed by atoms with van der Waals surface area (Å²) in [5, 5.41) is 5.72. The van der Waals surface area contributed by atoms with E-state index in [1.165, 1.54) is 37.9 Å². The van der Waals surface area contributed by atoms with Crippen LogP contribution in [-0.4, -0.2) is 31.1 Å². The first-order chi connectivity index (χ1) is 8.34. The van der Waals surface area contributed by atoms with Crippen LogP contribution in [0.25, 0.3) is 0 Å². The van der Waals surface area contributed by atoms with Crippen LogP contribution in [0, 0.1) is 12.8 Å². The molecule has 1 aliphatic carbocycles. The minimum atomic E-state index is 0.699. The number of piperazine rings is 1. The lowest BCUT2D eigenvalue weighted by molar-refractivity contribution is 0.162. The molecule has 0 bridgehead atoms. The highest BCUT2D eigenvalue weighted by Crippen LogP contribution is 2.42. The fourth-order valence-electron chi connectivity index (χ4n) is 2.81. The largest absolute Gasteiger partial charge is 0.314 e. The van der Waals surface area contributed by atoms with Crippen LogP contribution in [0.4, 0.5) is 0 Å². The highest BCUT2D eigenvalue weighted by Gasteiger charge is 2.31. The van der Waals surface area contributed by atoms with E-state index in [1.54, 1.807) is 4.88 Å². The van der Waals surface area contributed by atoms with Crippen molar-refractivity contribution in [1.29, 1.82) is 0 Å². The Morgan fingerprint density at radius 3 is 2.76 bits per heavy atom. The number of nitrogens with zero attached hydrogens (tertiary/aromatic N) is 1. The van der Waals surface area contributed by atoms with Crippen molar-refractivity contribution in [1.82, 2.24) is 10.2 Å². The van der Waals surface area contributed by atoms with Gasteiger partial charge >= 0.3 is 0 Å². The van der Waals surface area contributed by atoms with Crippen molar-refractivity contribution in [2.24, 2.45) is 5.92 Å². The highest BCUT2D eigenvalue weighted by molar-refractivity contribution is 7.10. The van der Waals surface area contributed by atoms with Crippen molar-refractivity contribution >= 4 is 11.3 Å². The predicted molar refractivity (Wildman–Crippen MR) is 73.6 cm³/mol. The smallest absolute Gasteiger partial charge is 0.0447 e. The van der Waals surface area contributed by atoms with Gasteiger partial charge in [0.05, 0.1) is 0 Å². The Kier molecular flexibility index (Phi) is 3.50. The molecule has 2 fully saturated rings. The maximum Gasteiger partial charge on any atom is 0.0447 e. The second-order valence-electron chi connectivity index (χ2n) is 5.45. The molecular formula is C14H22N2S. The number of thiophene rings is 1. The standard InChI is InChI=1S/C14H22N2S/c1-11-4-9-17-14(11)13(10-12-2-3-12)16-7-5-15-6-8-16/h4,9,12-13,15H,2-3,5-8,10H2,1H3/t13-/m0/s1. The first kappa shape index (κ1) is 11.7. The third-order valence-corrected chi connectivity index (χ3v) is 5.17. The predicted octanol–water partition coefficient (Wildman–Crippen LogP) is 2.80. The molecule has 1 aromatic heterocycles. The van der Waals surface area contributed by atoms with Crippen LogP contribution in [0.3, 0.4) is 0 Å². The first-order valence-corrected chi connectivity index (χ1v) is 7.71. The van der Waals surface area contributed by atoms with Gasteiger partial charge in [-0.05, 0) is 36.3 Å². The number of hydrogen-bond acceptors (Lipinski definition) is 3. The Labute approximate surface area is 108 Å². The Morgan fingerprint density at radius 2 is 2.18 bits per heavy atom. The van der Waals surface area contributed by atoms with E-state index in [-0.39, 0.29) is 0 Å². The second kappa shape index (κ2) is 5.09. The molecule has 94 valence electrons. The van der Waals surface area contributed by atoms with Gasteiger partial charge in [-0.1, -0.05) is 12.8 Å². The molecule has 2 nitrogen and oxygen atoms in total. The van der Waals surface area contributed by atoms with Crippen molar-refractivity contribution in [3.05, 3.63) is 21.9 Å². The van der Waals surface area contributed by atoms with Gasteiger partial charge in [0, 0.05) is 37.1 Å². The Hall–Kier alpha value is -0.380. The summed E-state index contributed by atoms with van der Waals surface area (Å²) in [6.07, 6.45) is 4.32. The molecule has 1 saturated heterocycles. The third kappa shape index (κ3) is 2.72. The van der Waals surface area contributed by atoms with Crippen molar-refractivity contribution in [2.75, 3.05) is 26.2 Å². The molecular weight excluding hydrogens is 228 g/mol. The average molecular weight is 250 g/mol. The van der Waals surface area contributed by atoms with Gasteiger partial charge < -0.3 is 5.32 Å². The van der Waals surface area contributed by atoms with Crippen molar-refractivity contribution < 1.29 is 0 Å². The molecule has 0 aromatic carbocycles. The summed E-state index contributed by atoms with van der Waals surface area (Å²) < 4.78 is 0. The van der Waals surface area contributed by atoms with E-state index in [1.807, 2.05) is 11.3 Å². The molecule has 17 heavy (non-hydrogen) atoms. The van der Waals surface area contributed by atoms with E-state index in [2.05, 4.69) is 28.6 Å². The highest BCUT2D eigenvalue weighted by atomic mass is 32.1. The van der Waals surface area contributed by atoms with Gasteiger partial charge in [-0.3, -0.25) is 4.90 Å². The van der Waals surface area contributed by atoms with Gasteiger partial charge in [0.15, 0.2) is 0 Å². The number of nitrogens with one attached hydrogen (secondary N) is 1. The lowest BCUT2D eigenvalue weighted by Crippen LogP contribution is -2.45. The molecule has 1 atom stereocenters. The average Bonchev–Trinajstić information content (AvgIpc) is 3.09. The normalized spacial score (nSPS) is 23.8. The second-order valence-corrected chi connectivity index (χ2v) is 6.40. The van der Waals surface area contributed by atoms with Crippen LogP contribution < -0.4 is 5.32 Å². The zero-order chi connectivity index (χ0) is 11.7. The molecule has 1 saturated carbocycles. The van der Waals surface area contributed by atoms with Crippen LogP contribution in [0.2, 0.25) is 0 Å². The fraction of sp³-hybridized carbons (Fsp3) is 0.714. The summed E-state index contributed by atoms with van der Waals surface area (Å²) in [6, 6.07) is 2.98. The monoisotopic (exact) mass is 250 g/mol. The summed E-state index contributed by atoms with van der Waals surface area (Å²) in [4.78, 5) is 4.33. The van der Waals surface area contributed by atoms with Gasteiger partial charge in [-0.15, -0.1) is 11.3 Å². The topological polar surface area (TPSA) is 15.3 Å². The Bertz CT molecular complexity index is 364. The molecule has 0 radical (unpaired) electrons. The molecule has 0 spiro atoms. The summed E-state index contributed by atoms with van der Waals surface area (Å²) in [7, 11) is 0. The zero-order valence-electron chi connectivity index (χ0n) is 10.6. The lowest BCUT2D eigenvalue weighted by Gasteiger charge is -2.35. The molecule has 0 unspecified atom stereocenters. The van der Waals surface area contributed by atoms with Crippen LogP contribution in [0.5, 0.6) is 0 Å². The van der Waals surface area contributed by atoms with Crippen LogP contribution in [-0.2, 0) is 0 Å². The van der Waals surface area contributed by atoms with Crippen LogP contribution >= 0.6 is 11.3 Å². The van der Waals surface area contributed by atoms with E-state index in [0.717, 1.165) is 19.0 Å². The van der Waals surface area contributed by atoms with Gasteiger partial charge in [0.2, 0.25) is 0 Å². The van der Waals surface area contributed by atoms with Gasteiger partial charge in [0.1, 0.15) is 0 Å². The molecule has 2 heterocycles. The molecule has 1 aromatic rings. The molecule has 0 amide bonds. The third-order valence-electron chi connectivity index (χ3n) is 4.05. The molecule has 3 rings (SSSR count). The summed E-state index contributed by atoms with van der Waals surface area (Å²) >= 11 is 1.96. The number of rotatable bonds is 4. The summed E-state index contributed by atoms with van der Waals surface area (Å²) in [5.74, 6) is 1.01. The van der Waals surface area contributed by atoms with Crippen molar-refractivity contribution in [2.45, 2.75) is 32.2 Å². The van der Waals surface area contributed by atoms with E-state index in [9.17, 15) is 0 Å². The quantitative estimate of drug-likeness (QED) is 0.884. The SMILES string of the molecule is Cc1ccsc1[C@H](CC1CC1)N1CCNCC1. The lowest BCUT2D eigenvalue weighted by atomic mass is 10.0. The zero-order valence-corrected chi connectivity index (χ0v) is 11.4. The van der Waals surface area contributed by atoms with Gasteiger partial charge in [-0.2, -0.15) is 0 Å². The van der Waals surface area contributed by atoms with Crippen LogP contribution in [0.1, 0.15) is 35.7 Å². The van der Waals surface area contributed by atoms with E-state index in [0.29, 0.717) is 6.04 Å². The van der Waals surface area contributed by atoms with Crippen LogP contribution in [0.15, 0.2) is 11.4 Å². The summed E-state index contributed by atoms with van der Waals surface area (Å²) in [6.45, 7) is 7.02. The molecule has 1 N–H and O–H groups in total. The molecule has 2 aliphatic rings. The number of aryl methyl sites for hydroxylation is 1. The summed E-state index contributed by atoms with van der Waals surface area (Å²) in [5.41, 5.74) is 1.50. The van der Waals surface area contributed by atoms with E-state index >= 15 is 0 Å². The fourth-order valence-corrected chi connectivity index (χ4v) is 3.89. The van der Waals surface area contributed by atoms with E-state index in [4.69, 9.17) is 0 Å². The minimum absolute atomic E-state index is 0.699. The Balaban J connectivity index is 1.77. The maximum absolute atomic E-state index is 3.46. The minimum Gasteiger partial charge on any atom is -0.314 e. The Morgan fingerprint density at radius 1 is 1.41 bits per heavy atom.